The van der Waals surface area contributed by atoms with Gasteiger partial charge in [0.05, 0.1) is 0 Å². The van der Waals surface area contributed by atoms with Gasteiger partial charge >= 0.3 is 0 Å². The third-order valence-electron chi connectivity index (χ3n) is 1.23. The normalized spacial score (nSPS) is 14.9. The molecule has 0 saturated heterocycles. The first-order valence-corrected chi connectivity index (χ1v) is 4.69. The van der Waals surface area contributed by atoms with Gasteiger partial charge < -0.3 is 0 Å². The second-order valence-corrected chi connectivity index (χ2v) is 4.16. The molecule has 0 aromatic rings. The van der Waals surface area contributed by atoms with Crippen LogP contribution >= 0.6 is 11.9 Å². The second kappa shape index (κ2) is 5.78. The molecule has 0 aromatic heterocycles. The molecule has 0 aliphatic carbocycles. The van der Waals surface area contributed by atoms with Crippen molar-refractivity contribution < 1.29 is 0 Å². The van der Waals surface area contributed by atoms with Crippen LogP contribution in [-0.4, -0.2) is 11.5 Å². The molecule has 2 heteroatoms. The van der Waals surface area contributed by atoms with Gasteiger partial charge in [-0.1, -0.05) is 27.7 Å². The Balaban J connectivity index is 3.36. The minimum absolute atomic E-state index is 0.611. The highest BCUT2D eigenvalue weighted by Crippen LogP contribution is 2.10. The highest BCUT2D eigenvalue weighted by molar-refractivity contribution is 7.98. The van der Waals surface area contributed by atoms with Crippen LogP contribution in [-0.2, 0) is 0 Å². The molecule has 0 saturated carbocycles. The van der Waals surface area contributed by atoms with Crippen LogP contribution in [0.25, 0.3) is 0 Å². The Bertz CT molecular complexity index is 99.4. The van der Waals surface area contributed by atoms with E-state index in [-0.39, 0.29) is 0 Å². The maximum absolute atomic E-state index is 4.23. The summed E-state index contributed by atoms with van der Waals surface area (Å²) in [4.78, 5) is 0. The lowest BCUT2D eigenvalue weighted by molar-refractivity contribution is 0.756. The first kappa shape index (κ1) is 10.0. The van der Waals surface area contributed by atoms with E-state index in [0.29, 0.717) is 11.2 Å². The van der Waals surface area contributed by atoms with E-state index < -0.39 is 0 Å². The monoisotopic (exact) mass is 159 g/mol. The van der Waals surface area contributed by atoms with Crippen molar-refractivity contribution in [1.82, 2.24) is 0 Å². The Kier molecular flexibility index (Phi) is 5.79. The van der Waals surface area contributed by atoms with E-state index in [1.807, 2.05) is 6.21 Å². The Hall–Kier alpha value is 0.0200. The summed E-state index contributed by atoms with van der Waals surface area (Å²) in [5.41, 5.74) is 0. The molecule has 0 radical (unpaired) electrons. The molecule has 0 aliphatic heterocycles. The summed E-state index contributed by atoms with van der Waals surface area (Å²) in [5.74, 6) is 0.631. The molecule has 0 aliphatic rings. The molecule has 1 nitrogen and oxygen atoms in total. The summed E-state index contributed by atoms with van der Waals surface area (Å²) in [5, 5.41) is 0.611. The van der Waals surface area contributed by atoms with E-state index in [0.717, 1.165) is 0 Å². The molecule has 0 spiro atoms. The van der Waals surface area contributed by atoms with Gasteiger partial charge in [-0.25, -0.2) is 4.40 Å². The number of nitrogens with zero attached hydrogens (tertiary/aromatic N) is 1. The summed E-state index contributed by atoms with van der Waals surface area (Å²) in [7, 11) is 0. The van der Waals surface area contributed by atoms with Crippen LogP contribution in [0.4, 0.5) is 0 Å². The molecule has 0 amide bonds. The lowest BCUT2D eigenvalue weighted by atomic mass is 10.1. The van der Waals surface area contributed by atoms with Gasteiger partial charge in [-0.2, -0.15) is 0 Å². The van der Waals surface area contributed by atoms with Gasteiger partial charge in [-0.05, 0) is 24.3 Å². The molecule has 10 heavy (non-hydrogen) atoms. The smallest absolute Gasteiger partial charge is 0.0210 e. The average molecular weight is 159 g/mol. The van der Waals surface area contributed by atoms with Crippen molar-refractivity contribution >= 4 is 18.2 Å². The van der Waals surface area contributed by atoms with Crippen LogP contribution in [0.3, 0.4) is 0 Å². The molecule has 0 N–H and O–H groups in total. The predicted octanol–water partition coefficient (Wildman–Crippen LogP) is 3.16. The van der Waals surface area contributed by atoms with Crippen LogP contribution in [0, 0.1) is 5.92 Å². The Morgan fingerprint density at radius 1 is 1.40 bits per heavy atom. The molecule has 0 heterocycles. The Morgan fingerprint density at radius 2 is 2.00 bits per heavy atom. The molecular weight excluding hydrogens is 142 g/mol. The molecule has 0 aromatic carbocycles. The largest absolute Gasteiger partial charge is 0.228 e. The number of hydrogen-bond acceptors (Lipinski definition) is 2. The van der Waals surface area contributed by atoms with Crippen molar-refractivity contribution in [2.75, 3.05) is 0 Å². The zero-order valence-corrected chi connectivity index (χ0v) is 8.11. The zero-order valence-electron chi connectivity index (χ0n) is 7.29. The van der Waals surface area contributed by atoms with Gasteiger partial charge in [0.2, 0.25) is 0 Å². The Labute approximate surface area is 68.4 Å². The van der Waals surface area contributed by atoms with E-state index in [1.54, 1.807) is 11.9 Å². The van der Waals surface area contributed by atoms with Crippen LogP contribution in [0.15, 0.2) is 4.40 Å². The maximum Gasteiger partial charge on any atom is 0.0210 e. The molecule has 1 atom stereocenters. The third-order valence-corrected chi connectivity index (χ3v) is 1.90. The summed E-state index contributed by atoms with van der Waals surface area (Å²) >= 11 is 1.64. The van der Waals surface area contributed by atoms with E-state index in [9.17, 15) is 0 Å². The second-order valence-electron chi connectivity index (χ2n) is 2.79. The fourth-order valence-corrected chi connectivity index (χ4v) is 0.888. The van der Waals surface area contributed by atoms with E-state index >= 15 is 0 Å². The van der Waals surface area contributed by atoms with Crippen molar-refractivity contribution in [3.8, 4) is 0 Å². The van der Waals surface area contributed by atoms with Gasteiger partial charge in [0.15, 0.2) is 0 Å². The van der Waals surface area contributed by atoms with Crippen molar-refractivity contribution in [2.45, 2.75) is 39.4 Å². The maximum atomic E-state index is 4.23. The van der Waals surface area contributed by atoms with Crippen LogP contribution < -0.4 is 0 Å². The fraction of sp³-hybridized carbons (Fsp3) is 0.875. The summed E-state index contributed by atoms with van der Waals surface area (Å²) in [6, 6.07) is 0. The number of rotatable bonds is 4. The average Bonchev–Trinajstić information content (AvgIpc) is 1.87. The topological polar surface area (TPSA) is 12.4 Å². The summed E-state index contributed by atoms with van der Waals surface area (Å²) in [6.45, 7) is 8.67. The van der Waals surface area contributed by atoms with Crippen molar-refractivity contribution in [2.24, 2.45) is 10.3 Å². The van der Waals surface area contributed by atoms with E-state index in [1.165, 1.54) is 6.42 Å². The van der Waals surface area contributed by atoms with Crippen LogP contribution in [0.2, 0.25) is 0 Å². The van der Waals surface area contributed by atoms with Crippen molar-refractivity contribution in [3.63, 3.8) is 0 Å². The van der Waals surface area contributed by atoms with Gasteiger partial charge in [0, 0.05) is 11.5 Å². The fourth-order valence-electron chi connectivity index (χ4n) is 0.366. The standard InChI is InChI=1S/C8H17NS/c1-5-8(4)6-9-10-7(2)3/h6-8H,5H2,1-4H3/b9-6-. The lowest BCUT2D eigenvalue weighted by Gasteiger charge is -1.99. The van der Waals surface area contributed by atoms with Gasteiger partial charge in [0.25, 0.3) is 0 Å². The van der Waals surface area contributed by atoms with Crippen molar-refractivity contribution in [3.05, 3.63) is 0 Å². The van der Waals surface area contributed by atoms with E-state index in [4.69, 9.17) is 0 Å². The molecule has 0 bridgehead atoms. The third kappa shape index (κ3) is 6.14. The highest BCUT2D eigenvalue weighted by atomic mass is 32.2. The molecule has 60 valence electrons. The summed E-state index contributed by atoms with van der Waals surface area (Å²) < 4.78 is 4.23. The lowest BCUT2D eigenvalue weighted by Crippen LogP contribution is -1.92. The molecule has 1 unspecified atom stereocenters. The van der Waals surface area contributed by atoms with Gasteiger partial charge in [-0.3, -0.25) is 0 Å². The van der Waals surface area contributed by atoms with Gasteiger partial charge in [0.1, 0.15) is 0 Å². The summed E-state index contributed by atoms with van der Waals surface area (Å²) in [6.07, 6.45) is 3.22. The zero-order chi connectivity index (χ0) is 7.98. The van der Waals surface area contributed by atoms with Gasteiger partial charge in [-0.15, -0.1) is 0 Å². The molecule has 0 fully saturated rings. The molecular formula is C8H17NS. The van der Waals surface area contributed by atoms with Crippen LogP contribution in [0.5, 0.6) is 0 Å². The first-order chi connectivity index (χ1) is 4.66. The minimum Gasteiger partial charge on any atom is -0.228 e. The molecule has 0 rings (SSSR count). The van der Waals surface area contributed by atoms with Crippen molar-refractivity contribution in [1.29, 1.82) is 0 Å². The SMILES string of the molecule is CCC(C)/C=N\SC(C)C. The predicted molar refractivity (Wildman–Crippen MR) is 50.7 cm³/mol. The quantitative estimate of drug-likeness (QED) is 0.453. The first-order valence-electron chi connectivity index (χ1n) is 3.86. The number of hydrogen-bond donors (Lipinski definition) is 0. The van der Waals surface area contributed by atoms with E-state index in [2.05, 4.69) is 32.1 Å². The minimum atomic E-state index is 0.611. The highest BCUT2D eigenvalue weighted by Gasteiger charge is 1.92. The Morgan fingerprint density at radius 3 is 2.40 bits per heavy atom. The van der Waals surface area contributed by atoms with Crippen LogP contribution in [0.1, 0.15) is 34.1 Å².